The highest BCUT2D eigenvalue weighted by Crippen LogP contribution is 2.35. The molecule has 1 saturated carbocycles. The highest BCUT2D eigenvalue weighted by atomic mass is 15.0. The largest absolute Gasteiger partial charge is 0.301 e. The van der Waals surface area contributed by atoms with E-state index in [0.29, 0.717) is 11.5 Å². The predicted molar refractivity (Wildman–Crippen MR) is 57.5 cm³/mol. The molecule has 1 rings (SSSR count). The summed E-state index contributed by atoms with van der Waals surface area (Å²) in [5.74, 6) is 2.74. The van der Waals surface area contributed by atoms with Crippen molar-refractivity contribution in [3.63, 3.8) is 0 Å². The van der Waals surface area contributed by atoms with Gasteiger partial charge in [-0.05, 0) is 25.2 Å². The normalized spacial score (nSPS) is 29.2. The summed E-state index contributed by atoms with van der Waals surface area (Å²) in [6.45, 7) is 6.74. The average molecular weight is 179 g/mol. The highest BCUT2D eigenvalue weighted by Gasteiger charge is 2.32. The van der Waals surface area contributed by atoms with Crippen molar-refractivity contribution in [2.24, 2.45) is 5.41 Å². The molecule has 1 fully saturated rings. The van der Waals surface area contributed by atoms with Gasteiger partial charge in [-0.1, -0.05) is 32.6 Å². The Hall–Kier alpha value is -0.480. The lowest BCUT2D eigenvalue weighted by Gasteiger charge is -2.40. The van der Waals surface area contributed by atoms with Crippen LogP contribution in [0.3, 0.4) is 0 Å². The molecule has 74 valence electrons. The van der Waals surface area contributed by atoms with Crippen molar-refractivity contribution in [1.82, 2.24) is 5.32 Å². The summed E-state index contributed by atoms with van der Waals surface area (Å²) in [5, 5.41) is 3.52. The van der Waals surface area contributed by atoms with Gasteiger partial charge in [0.2, 0.25) is 0 Å². The topological polar surface area (TPSA) is 12.0 Å². The second kappa shape index (κ2) is 4.15. The lowest BCUT2D eigenvalue weighted by Crippen LogP contribution is -2.47. The van der Waals surface area contributed by atoms with Crippen molar-refractivity contribution >= 4 is 0 Å². The first kappa shape index (κ1) is 10.6. The second-order valence-corrected chi connectivity index (χ2v) is 4.84. The zero-order chi connectivity index (χ0) is 9.90. The fourth-order valence-electron chi connectivity index (χ4n) is 2.15. The van der Waals surface area contributed by atoms with Gasteiger partial charge in [-0.2, -0.15) is 0 Å². The second-order valence-electron chi connectivity index (χ2n) is 4.84. The molecule has 2 atom stereocenters. The fraction of sp³-hybridized carbons (Fsp3) is 0.833. The summed E-state index contributed by atoms with van der Waals surface area (Å²) in [6, 6.07) is 0.815. The monoisotopic (exact) mass is 179 g/mol. The third-order valence-electron chi connectivity index (χ3n) is 3.21. The summed E-state index contributed by atoms with van der Waals surface area (Å²) in [7, 11) is 0. The molecule has 1 nitrogen and oxygen atoms in total. The molecular weight excluding hydrogens is 158 g/mol. The zero-order valence-electron chi connectivity index (χ0n) is 9.06. The van der Waals surface area contributed by atoms with E-state index in [4.69, 9.17) is 6.42 Å². The Labute approximate surface area is 82.3 Å². The van der Waals surface area contributed by atoms with Crippen LogP contribution in [0.15, 0.2) is 0 Å². The van der Waals surface area contributed by atoms with E-state index in [1.165, 1.54) is 25.7 Å². The SMILES string of the molecule is C#CC(C)NC1CCCCC1(C)C. The van der Waals surface area contributed by atoms with Gasteiger partial charge in [0.1, 0.15) is 0 Å². The number of rotatable bonds is 2. The van der Waals surface area contributed by atoms with Crippen LogP contribution >= 0.6 is 0 Å². The van der Waals surface area contributed by atoms with Crippen molar-refractivity contribution in [3.05, 3.63) is 0 Å². The standard InChI is InChI=1S/C12H21N/c1-5-10(2)13-11-8-6-7-9-12(11,3)4/h1,10-11,13H,6-9H2,2-4H3. The third kappa shape index (κ3) is 2.74. The number of hydrogen-bond donors (Lipinski definition) is 1. The van der Waals surface area contributed by atoms with Crippen LogP contribution in [0.4, 0.5) is 0 Å². The fourth-order valence-corrected chi connectivity index (χ4v) is 2.15. The molecule has 1 aliphatic rings. The highest BCUT2D eigenvalue weighted by molar-refractivity contribution is 4.99. The van der Waals surface area contributed by atoms with Crippen molar-refractivity contribution in [3.8, 4) is 12.3 Å². The average Bonchev–Trinajstić information content (AvgIpc) is 2.08. The molecule has 0 aromatic rings. The molecule has 0 heterocycles. The van der Waals surface area contributed by atoms with Gasteiger partial charge in [-0.3, -0.25) is 0 Å². The summed E-state index contributed by atoms with van der Waals surface area (Å²) < 4.78 is 0. The van der Waals surface area contributed by atoms with E-state index < -0.39 is 0 Å². The maximum absolute atomic E-state index is 5.37. The summed E-state index contributed by atoms with van der Waals surface area (Å²) in [4.78, 5) is 0. The molecule has 0 bridgehead atoms. The molecule has 1 aliphatic carbocycles. The lowest BCUT2D eigenvalue weighted by atomic mass is 9.73. The lowest BCUT2D eigenvalue weighted by molar-refractivity contribution is 0.164. The quantitative estimate of drug-likeness (QED) is 0.642. The molecule has 0 spiro atoms. The first-order valence-electron chi connectivity index (χ1n) is 5.28. The minimum atomic E-state index is 0.211. The smallest absolute Gasteiger partial charge is 0.0660 e. The molecule has 13 heavy (non-hydrogen) atoms. The van der Waals surface area contributed by atoms with Crippen LogP contribution in [-0.4, -0.2) is 12.1 Å². The number of nitrogens with one attached hydrogen (secondary N) is 1. The van der Waals surface area contributed by atoms with E-state index in [-0.39, 0.29) is 6.04 Å². The van der Waals surface area contributed by atoms with E-state index in [0.717, 1.165) is 0 Å². The number of terminal acetylenes is 1. The van der Waals surface area contributed by atoms with Crippen LogP contribution in [0.1, 0.15) is 46.5 Å². The molecule has 2 unspecified atom stereocenters. The van der Waals surface area contributed by atoms with Gasteiger partial charge in [0, 0.05) is 6.04 Å². The van der Waals surface area contributed by atoms with E-state index in [2.05, 4.69) is 32.0 Å². The predicted octanol–water partition coefficient (Wildman–Crippen LogP) is 2.57. The van der Waals surface area contributed by atoms with E-state index >= 15 is 0 Å². The molecule has 0 radical (unpaired) electrons. The minimum Gasteiger partial charge on any atom is -0.301 e. The van der Waals surface area contributed by atoms with Crippen LogP contribution < -0.4 is 5.32 Å². The van der Waals surface area contributed by atoms with Gasteiger partial charge < -0.3 is 5.32 Å². The van der Waals surface area contributed by atoms with Crippen LogP contribution in [0.5, 0.6) is 0 Å². The molecule has 1 N–H and O–H groups in total. The molecule has 0 amide bonds. The molecular formula is C12H21N. The van der Waals surface area contributed by atoms with Crippen LogP contribution in [-0.2, 0) is 0 Å². The first-order chi connectivity index (χ1) is 6.06. The molecule has 0 aromatic carbocycles. The van der Waals surface area contributed by atoms with Crippen molar-refractivity contribution in [1.29, 1.82) is 0 Å². The zero-order valence-corrected chi connectivity index (χ0v) is 9.06. The van der Waals surface area contributed by atoms with E-state index in [1.54, 1.807) is 0 Å². The Balaban J connectivity index is 2.52. The molecule has 0 aliphatic heterocycles. The maximum Gasteiger partial charge on any atom is 0.0660 e. The Kier molecular flexibility index (Phi) is 3.39. The van der Waals surface area contributed by atoms with Crippen LogP contribution in [0.25, 0.3) is 0 Å². The molecule has 0 saturated heterocycles. The first-order valence-corrected chi connectivity index (χ1v) is 5.28. The Morgan fingerprint density at radius 3 is 2.69 bits per heavy atom. The Morgan fingerprint density at radius 1 is 1.46 bits per heavy atom. The molecule has 0 aromatic heterocycles. The van der Waals surface area contributed by atoms with E-state index in [9.17, 15) is 0 Å². The summed E-state index contributed by atoms with van der Waals surface area (Å²) >= 11 is 0. The van der Waals surface area contributed by atoms with Gasteiger partial charge in [0.05, 0.1) is 6.04 Å². The number of hydrogen-bond acceptors (Lipinski definition) is 1. The summed E-state index contributed by atoms with van der Waals surface area (Å²) in [6.07, 6.45) is 10.7. The maximum atomic E-state index is 5.37. The van der Waals surface area contributed by atoms with Crippen molar-refractivity contribution < 1.29 is 0 Å². The van der Waals surface area contributed by atoms with Gasteiger partial charge in [-0.15, -0.1) is 6.42 Å². The van der Waals surface area contributed by atoms with Gasteiger partial charge in [0.15, 0.2) is 0 Å². The van der Waals surface area contributed by atoms with Gasteiger partial charge >= 0.3 is 0 Å². The van der Waals surface area contributed by atoms with Crippen LogP contribution in [0.2, 0.25) is 0 Å². The minimum absolute atomic E-state index is 0.211. The van der Waals surface area contributed by atoms with Crippen molar-refractivity contribution in [2.75, 3.05) is 0 Å². The Bertz CT molecular complexity index is 200. The van der Waals surface area contributed by atoms with Gasteiger partial charge in [-0.25, -0.2) is 0 Å². The summed E-state index contributed by atoms with van der Waals surface area (Å²) in [5.41, 5.74) is 0.420. The Morgan fingerprint density at radius 2 is 2.15 bits per heavy atom. The molecule has 1 heteroatoms. The van der Waals surface area contributed by atoms with Gasteiger partial charge in [0.25, 0.3) is 0 Å². The van der Waals surface area contributed by atoms with Crippen molar-refractivity contribution in [2.45, 2.75) is 58.5 Å². The third-order valence-corrected chi connectivity index (χ3v) is 3.21. The van der Waals surface area contributed by atoms with E-state index in [1.807, 2.05) is 0 Å². The van der Waals surface area contributed by atoms with Crippen LogP contribution in [0, 0.1) is 17.8 Å².